The van der Waals surface area contributed by atoms with Gasteiger partial charge in [0.15, 0.2) is 5.96 Å². The van der Waals surface area contributed by atoms with Gasteiger partial charge < -0.3 is 58.6 Å². The smallest absolute Gasteiger partial charge is 0.243 e. The van der Waals surface area contributed by atoms with E-state index in [2.05, 4.69) is 41.9 Å². The molecule has 0 radical (unpaired) electrons. The number of amides is 6. The van der Waals surface area contributed by atoms with Crippen LogP contribution in [0.1, 0.15) is 49.8 Å². The highest BCUT2D eigenvalue weighted by atomic mass is 16.3. The number of hydrogen-bond acceptors (Lipinski definition) is 9. The normalized spacial score (nSPS) is 20.9. The summed E-state index contributed by atoms with van der Waals surface area (Å²) in [5.41, 5.74) is 13.6. The molecular formula is C43H54N10O8. The Morgan fingerprint density at radius 1 is 0.656 bits per heavy atom. The number of nitrogens with two attached hydrogens (primary N) is 2. The molecule has 3 aromatic carbocycles. The van der Waals surface area contributed by atoms with Gasteiger partial charge >= 0.3 is 0 Å². The van der Waals surface area contributed by atoms with Crippen molar-refractivity contribution < 1.29 is 39.0 Å². The molecule has 18 heteroatoms. The molecule has 1 aliphatic heterocycles. The Kier molecular flexibility index (Phi) is 15.7. The highest BCUT2D eigenvalue weighted by Crippen LogP contribution is 2.20. The lowest BCUT2D eigenvalue weighted by atomic mass is 9.99. The molecule has 13 N–H and O–H groups in total. The van der Waals surface area contributed by atoms with Crippen LogP contribution in [-0.4, -0.2) is 99.9 Å². The van der Waals surface area contributed by atoms with Crippen molar-refractivity contribution in [1.82, 2.24) is 36.9 Å². The fourth-order valence-electron chi connectivity index (χ4n) is 6.98. The zero-order valence-corrected chi connectivity index (χ0v) is 34.1. The predicted octanol–water partition coefficient (Wildman–Crippen LogP) is 0.261. The number of para-hydroxylation sites is 1. The predicted molar refractivity (Wildman–Crippen MR) is 228 cm³/mol. The van der Waals surface area contributed by atoms with Crippen LogP contribution in [0.15, 0.2) is 84.0 Å². The summed E-state index contributed by atoms with van der Waals surface area (Å²) in [6.45, 7) is 3.25. The molecule has 5 unspecified atom stereocenters. The minimum absolute atomic E-state index is 0.00803. The Labute approximate surface area is 352 Å². The summed E-state index contributed by atoms with van der Waals surface area (Å²) in [4.78, 5) is 91.4. The van der Waals surface area contributed by atoms with Crippen LogP contribution in [0.25, 0.3) is 10.9 Å². The molecule has 1 aliphatic rings. The van der Waals surface area contributed by atoms with Gasteiger partial charge in [0.05, 0.1) is 6.54 Å². The van der Waals surface area contributed by atoms with E-state index in [1.54, 1.807) is 30.5 Å². The van der Waals surface area contributed by atoms with Crippen molar-refractivity contribution in [2.24, 2.45) is 22.4 Å². The molecule has 18 nitrogen and oxygen atoms in total. The minimum atomic E-state index is -1.27. The standard InChI is InChI=1S/C43H54N10O8/c1-24(2)18-33-40(59)50-32(8-5-17-46-43(44)45)39(58)52-34(19-25-9-13-28(54)14-10-25)38(57)48-23-37(56)49-35(20-26-11-15-29(55)16-12-26)41(60)53-36(42(61)51-33)21-27-22-47-31-7-4-3-6-30(27)31/h3-4,6-7,9-16,22,24,32-36,47,54-55H,5,8,17-21,23H2,1-2H3,(H,48,57)(H,49,56)(H,50,59)(H,51,61)(H,52,58)(H,53,60)(H4,44,45,46). The van der Waals surface area contributed by atoms with E-state index >= 15 is 0 Å². The quantitative estimate of drug-likeness (QED) is 0.0526. The average Bonchev–Trinajstić information content (AvgIpc) is 3.63. The van der Waals surface area contributed by atoms with Gasteiger partial charge in [-0.1, -0.05) is 56.3 Å². The fourth-order valence-corrected chi connectivity index (χ4v) is 6.98. The lowest BCUT2D eigenvalue weighted by molar-refractivity contribution is -0.136. The van der Waals surface area contributed by atoms with Crippen LogP contribution in [0.5, 0.6) is 11.5 Å². The Morgan fingerprint density at radius 2 is 1.16 bits per heavy atom. The van der Waals surface area contributed by atoms with Crippen LogP contribution in [0.2, 0.25) is 0 Å². The van der Waals surface area contributed by atoms with Gasteiger partial charge in [-0.2, -0.15) is 0 Å². The topological polar surface area (TPSA) is 295 Å². The number of nitrogens with one attached hydrogen (secondary N) is 7. The monoisotopic (exact) mass is 838 g/mol. The molecule has 0 bridgehead atoms. The number of aromatic amines is 1. The van der Waals surface area contributed by atoms with Crippen LogP contribution < -0.4 is 43.4 Å². The summed E-state index contributed by atoms with van der Waals surface area (Å²) in [5, 5.41) is 36.9. The maximum atomic E-state index is 14.4. The van der Waals surface area contributed by atoms with E-state index in [9.17, 15) is 39.0 Å². The van der Waals surface area contributed by atoms with Crippen molar-refractivity contribution >= 4 is 52.3 Å². The highest BCUT2D eigenvalue weighted by molar-refractivity contribution is 5.98. The van der Waals surface area contributed by atoms with Crippen LogP contribution in [0.3, 0.4) is 0 Å². The number of benzene rings is 3. The summed E-state index contributed by atoms with van der Waals surface area (Å²) >= 11 is 0. The number of fused-ring (bicyclic) bond motifs is 1. The first-order chi connectivity index (χ1) is 29.1. The van der Waals surface area contributed by atoms with E-state index < -0.39 is 72.2 Å². The number of rotatable bonds is 12. The molecule has 2 heterocycles. The number of aromatic nitrogens is 1. The van der Waals surface area contributed by atoms with Gasteiger partial charge in [0.25, 0.3) is 0 Å². The van der Waals surface area contributed by atoms with Gasteiger partial charge in [-0.15, -0.1) is 0 Å². The van der Waals surface area contributed by atoms with Crippen LogP contribution in [-0.2, 0) is 48.0 Å². The van der Waals surface area contributed by atoms with E-state index in [1.807, 2.05) is 38.1 Å². The summed E-state index contributed by atoms with van der Waals surface area (Å²) in [6, 6.07) is 13.2. The molecular weight excluding hydrogens is 785 g/mol. The van der Waals surface area contributed by atoms with Crippen LogP contribution >= 0.6 is 0 Å². The molecule has 324 valence electrons. The number of guanidine groups is 1. The van der Waals surface area contributed by atoms with Crippen molar-refractivity contribution in [3.05, 3.63) is 95.7 Å². The summed E-state index contributed by atoms with van der Waals surface area (Å²) in [5.74, 6) is -4.61. The number of phenols is 2. The number of phenolic OH excluding ortho intramolecular Hbond substituents is 2. The first-order valence-corrected chi connectivity index (χ1v) is 20.1. The summed E-state index contributed by atoms with van der Waals surface area (Å²) < 4.78 is 0. The summed E-state index contributed by atoms with van der Waals surface area (Å²) in [7, 11) is 0. The molecule has 1 aromatic heterocycles. The van der Waals surface area contributed by atoms with E-state index in [-0.39, 0.29) is 68.4 Å². The second-order valence-corrected chi connectivity index (χ2v) is 15.5. The third-order valence-electron chi connectivity index (χ3n) is 10.1. The number of aliphatic imine (C=N–C) groups is 1. The Hall–Kier alpha value is -7.11. The zero-order valence-electron chi connectivity index (χ0n) is 34.1. The molecule has 0 spiro atoms. The fraction of sp³-hybridized carbons (Fsp3) is 0.372. The minimum Gasteiger partial charge on any atom is -0.508 e. The lowest BCUT2D eigenvalue weighted by Gasteiger charge is -2.28. The molecule has 1 saturated heterocycles. The average molecular weight is 839 g/mol. The van der Waals surface area contributed by atoms with Crippen molar-refractivity contribution in [2.75, 3.05) is 13.1 Å². The molecule has 4 aromatic rings. The van der Waals surface area contributed by atoms with Crippen molar-refractivity contribution in [3.63, 3.8) is 0 Å². The molecule has 61 heavy (non-hydrogen) atoms. The maximum absolute atomic E-state index is 14.4. The van der Waals surface area contributed by atoms with Gasteiger partial charge in [0.2, 0.25) is 35.4 Å². The molecule has 0 saturated carbocycles. The Bertz CT molecular complexity index is 2200. The second kappa shape index (κ2) is 21.2. The molecule has 5 rings (SSSR count). The molecule has 5 atom stereocenters. The number of carbonyl (C=O) groups is 6. The van der Waals surface area contributed by atoms with E-state index in [0.29, 0.717) is 16.7 Å². The van der Waals surface area contributed by atoms with Crippen molar-refractivity contribution in [1.29, 1.82) is 0 Å². The Balaban J connectivity index is 1.53. The molecule has 6 amide bonds. The van der Waals surface area contributed by atoms with Crippen molar-refractivity contribution in [2.45, 2.75) is 82.6 Å². The van der Waals surface area contributed by atoms with Crippen molar-refractivity contribution in [3.8, 4) is 11.5 Å². The Morgan fingerprint density at radius 3 is 1.75 bits per heavy atom. The third-order valence-corrected chi connectivity index (χ3v) is 10.1. The number of carbonyl (C=O) groups excluding carboxylic acids is 6. The first kappa shape index (κ1) is 45.0. The molecule has 0 aliphatic carbocycles. The number of aromatic hydroxyl groups is 2. The lowest BCUT2D eigenvalue weighted by Crippen LogP contribution is -2.61. The van der Waals surface area contributed by atoms with Gasteiger partial charge in [0.1, 0.15) is 41.7 Å². The van der Waals surface area contributed by atoms with E-state index in [1.165, 1.54) is 24.3 Å². The highest BCUT2D eigenvalue weighted by Gasteiger charge is 2.34. The van der Waals surface area contributed by atoms with E-state index in [4.69, 9.17) is 11.5 Å². The largest absolute Gasteiger partial charge is 0.508 e. The number of hydrogen-bond donors (Lipinski definition) is 11. The van der Waals surface area contributed by atoms with Gasteiger partial charge in [-0.25, -0.2) is 0 Å². The third kappa shape index (κ3) is 13.5. The zero-order chi connectivity index (χ0) is 44.1. The second-order valence-electron chi connectivity index (χ2n) is 15.5. The number of H-pyrrole nitrogens is 1. The van der Waals surface area contributed by atoms with Gasteiger partial charge in [0, 0.05) is 42.9 Å². The van der Waals surface area contributed by atoms with Gasteiger partial charge in [-0.05, 0) is 72.2 Å². The van der Waals surface area contributed by atoms with Crippen LogP contribution in [0, 0.1) is 5.92 Å². The van der Waals surface area contributed by atoms with E-state index in [0.717, 1.165) is 10.9 Å². The van der Waals surface area contributed by atoms with Crippen LogP contribution in [0.4, 0.5) is 0 Å². The maximum Gasteiger partial charge on any atom is 0.243 e. The molecule has 1 fully saturated rings. The summed E-state index contributed by atoms with van der Waals surface area (Å²) in [6.07, 6.45) is 2.03. The van der Waals surface area contributed by atoms with Gasteiger partial charge in [-0.3, -0.25) is 33.8 Å². The first-order valence-electron chi connectivity index (χ1n) is 20.1. The number of nitrogens with zero attached hydrogens (tertiary/aromatic N) is 1. The SMILES string of the molecule is CC(C)CC1NC(=O)C(Cc2c[nH]c3ccccc23)NC(=O)C(Cc2ccc(O)cc2)NC(=O)CNC(=O)C(Cc2ccc(O)cc2)NC(=O)C(CCCN=C(N)N)NC1=O.